The van der Waals surface area contributed by atoms with E-state index in [0.717, 1.165) is 12.8 Å². The van der Waals surface area contributed by atoms with Gasteiger partial charge in [0.05, 0.1) is 5.92 Å². The number of carbonyl (C=O) groups excluding carboxylic acids is 1. The zero-order valence-electron chi connectivity index (χ0n) is 7.04. The Morgan fingerprint density at radius 3 is 2.58 bits per heavy atom. The summed E-state index contributed by atoms with van der Waals surface area (Å²) < 4.78 is 0. The van der Waals surface area contributed by atoms with Crippen molar-refractivity contribution >= 4 is 11.9 Å². The first-order chi connectivity index (χ1) is 5.61. The summed E-state index contributed by atoms with van der Waals surface area (Å²) in [5.41, 5.74) is 0. The highest BCUT2D eigenvalue weighted by Gasteiger charge is 2.29. The summed E-state index contributed by atoms with van der Waals surface area (Å²) in [6, 6.07) is 0. The van der Waals surface area contributed by atoms with Crippen LogP contribution in [0.4, 0.5) is 0 Å². The molecule has 4 nitrogen and oxygen atoms in total. The van der Waals surface area contributed by atoms with E-state index in [1.165, 1.54) is 0 Å². The van der Waals surface area contributed by atoms with E-state index in [9.17, 15) is 9.59 Å². The number of hydrogen-bond donors (Lipinski definition) is 2. The minimum Gasteiger partial charge on any atom is -0.481 e. The second-order valence-electron chi connectivity index (χ2n) is 3.26. The first-order valence-electron chi connectivity index (χ1n) is 4.11. The minimum atomic E-state index is -0.869. The second-order valence-corrected chi connectivity index (χ2v) is 3.26. The summed E-state index contributed by atoms with van der Waals surface area (Å²) in [5.74, 6) is -1.20. The molecule has 0 aromatic carbocycles. The van der Waals surface area contributed by atoms with Gasteiger partial charge in [0.25, 0.3) is 0 Å². The molecule has 1 aliphatic carbocycles. The predicted octanol–water partition coefficient (Wildman–Crippen LogP) is 0.233. The predicted molar refractivity (Wildman–Crippen MR) is 42.5 cm³/mol. The van der Waals surface area contributed by atoms with Gasteiger partial charge in [-0.15, -0.1) is 0 Å². The Hall–Kier alpha value is -1.06. The zero-order valence-corrected chi connectivity index (χ0v) is 7.04. The molecule has 2 N–H and O–H groups in total. The van der Waals surface area contributed by atoms with Crippen molar-refractivity contribution in [1.82, 2.24) is 5.32 Å². The van der Waals surface area contributed by atoms with Crippen LogP contribution in [0.25, 0.3) is 0 Å². The Labute approximate surface area is 71.0 Å². The van der Waals surface area contributed by atoms with E-state index in [4.69, 9.17) is 5.11 Å². The van der Waals surface area contributed by atoms with E-state index in [1.54, 1.807) is 6.92 Å². The van der Waals surface area contributed by atoms with Crippen LogP contribution >= 0.6 is 0 Å². The van der Waals surface area contributed by atoms with Gasteiger partial charge >= 0.3 is 5.97 Å². The highest BCUT2D eigenvalue weighted by molar-refractivity contribution is 5.81. The Bertz CT molecular complexity index is 198. The molecule has 1 unspecified atom stereocenters. The van der Waals surface area contributed by atoms with Crippen LogP contribution in [0.3, 0.4) is 0 Å². The van der Waals surface area contributed by atoms with E-state index < -0.39 is 11.9 Å². The molecule has 4 heteroatoms. The van der Waals surface area contributed by atoms with Crippen molar-refractivity contribution in [3.05, 3.63) is 0 Å². The van der Waals surface area contributed by atoms with Crippen LogP contribution < -0.4 is 5.32 Å². The van der Waals surface area contributed by atoms with Crippen LogP contribution in [0.15, 0.2) is 0 Å². The van der Waals surface area contributed by atoms with Gasteiger partial charge in [-0.1, -0.05) is 6.92 Å². The van der Waals surface area contributed by atoms with Gasteiger partial charge in [-0.2, -0.15) is 0 Å². The van der Waals surface area contributed by atoms with Crippen molar-refractivity contribution in [3.63, 3.8) is 0 Å². The van der Waals surface area contributed by atoms with Crippen molar-refractivity contribution < 1.29 is 14.7 Å². The van der Waals surface area contributed by atoms with E-state index in [-0.39, 0.29) is 18.4 Å². The lowest BCUT2D eigenvalue weighted by molar-refractivity contribution is -0.141. The highest BCUT2D eigenvalue weighted by Crippen LogP contribution is 2.28. The van der Waals surface area contributed by atoms with Gasteiger partial charge in [0.15, 0.2) is 0 Å². The average Bonchev–Trinajstić information content (AvgIpc) is 2.81. The van der Waals surface area contributed by atoms with Gasteiger partial charge < -0.3 is 10.4 Å². The molecular formula is C8H13NO3. The summed E-state index contributed by atoms with van der Waals surface area (Å²) in [5, 5.41) is 11.1. The van der Waals surface area contributed by atoms with Crippen molar-refractivity contribution in [1.29, 1.82) is 0 Å². The SMILES string of the molecule is CC(CNC(=O)C1CC1)C(=O)O. The maximum absolute atomic E-state index is 11.0. The maximum atomic E-state index is 11.0. The molecule has 12 heavy (non-hydrogen) atoms. The fourth-order valence-corrected chi connectivity index (χ4v) is 0.831. The normalized spacial score (nSPS) is 18.4. The van der Waals surface area contributed by atoms with Crippen LogP contribution in [0.5, 0.6) is 0 Å². The molecule has 1 aliphatic rings. The van der Waals surface area contributed by atoms with Gasteiger partial charge in [-0.05, 0) is 12.8 Å². The van der Waals surface area contributed by atoms with Gasteiger partial charge in [-0.3, -0.25) is 9.59 Å². The first kappa shape index (κ1) is 9.03. The topological polar surface area (TPSA) is 66.4 Å². The molecule has 68 valence electrons. The molecule has 1 fully saturated rings. The van der Waals surface area contributed by atoms with E-state index in [2.05, 4.69) is 5.32 Å². The third kappa shape index (κ3) is 2.53. The Kier molecular flexibility index (Phi) is 2.68. The first-order valence-corrected chi connectivity index (χ1v) is 4.11. The smallest absolute Gasteiger partial charge is 0.308 e. The number of amides is 1. The molecule has 0 heterocycles. The molecule has 0 spiro atoms. The van der Waals surface area contributed by atoms with Gasteiger partial charge in [-0.25, -0.2) is 0 Å². The number of carboxylic acid groups (broad SMARTS) is 1. The Balaban J connectivity index is 2.15. The third-order valence-electron chi connectivity index (χ3n) is 1.95. The monoisotopic (exact) mass is 171 g/mol. The van der Waals surface area contributed by atoms with Crippen molar-refractivity contribution in [2.45, 2.75) is 19.8 Å². The molecule has 0 aromatic heterocycles. The molecule has 1 amide bonds. The molecule has 0 aromatic rings. The maximum Gasteiger partial charge on any atom is 0.308 e. The Morgan fingerprint density at radius 2 is 2.17 bits per heavy atom. The third-order valence-corrected chi connectivity index (χ3v) is 1.95. The van der Waals surface area contributed by atoms with Gasteiger partial charge in [0.1, 0.15) is 0 Å². The zero-order chi connectivity index (χ0) is 9.14. The number of carboxylic acids is 1. The molecule has 0 aliphatic heterocycles. The second kappa shape index (κ2) is 3.56. The van der Waals surface area contributed by atoms with Gasteiger partial charge in [0.2, 0.25) is 5.91 Å². The number of nitrogens with one attached hydrogen (secondary N) is 1. The lowest BCUT2D eigenvalue weighted by atomic mass is 10.2. The van der Waals surface area contributed by atoms with Crippen molar-refractivity contribution in [2.75, 3.05) is 6.54 Å². The van der Waals surface area contributed by atoms with E-state index in [0.29, 0.717) is 0 Å². The molecular weight excluding hydrogens is 158 g/mol. The average molecular weight is 171 g/mol. The summed E-state index contributed by atoms with van der Waals surface area (Å²) >= 11 is 0. The van der Waals surface area contributed by atoms with Crippen LogP contribution in [-0.2, 0) is 9.59 Å². The lowest BCUT2D eigenvalue weighted by Gasteiger charge is -2.06. The molecule has 1 atom stereocenters. The molecule has 0 saturated heterocycles. The summed E-state index contributed by atoms with van der Waals surface area (Å²) in [4.78, 5) is 21.4. The van der Waals surface area contributed by atoms with Crippen LogP contribution in [-0.4, -0.2) is 23.5 Å². The summed E-state index contributed by atoms with van der Waals surface area (Å²) in [6.45, 7) is 1.82. The molecule has 1 saturated carbocycles. The van der Waals surface area contributed by atoms with Crippen LogP contribution in [0, 0.1) is 11.8 Å². The number of carbonyl (C=O) groups is 2. The van der Waals surface area contributed by atoms with E-state index in [1.807, 2.05) is 0 Å². The number of aliphatic carboxylic acids is 1. The number of hydrogen-bond acceptors (Lipinski definition) is 2. The van der Waals surface area contributed by atoms with Crippen LogP contribution in [0.2, 0.25) is 0 Å². The van der Waals surface area contributed by atoms with Crippen molar-refractivity contribution in [2.24, 2.45) is 11.8 Å². The lowest BCUT2D eigenvalue weighted by Crippen LogP contribution is -2.32. The van der Waals surface area contributed by atoms with Crippen molar-refractivity contribution in [3.8, 4) is 0 Å². The standard InChI is InChI=1S/C8H13NO3/c1-5(8(11)12)4-9-7(10)6-2-3-6/h5-6H,2-4H2,1H3,(H,9,10)(H,11,12). The molecule has 0 radical (unpaired) electrons. The fourth-order valence-electron chi connectivity index (χ4n) is 0.831. The van der Waals surface area contributed by atoms with E-state index >= 15 is 0 Å². The minimum absolute atomic E-state index is 0.00287. The molecule has 0 bridgehead atoms. The quantitative estimate of drug-likeness (QED) is 0.636. The number of rotatable bonds is 4. The van der Waals surface area contributed by atoms with Gasteiger partial charge in [0, 0.05) is 12.5 Å². The fraction of sp³-hybridized carbons (Fsp3) is 0.750. The Morgan fingerprint density at radius 1 is 1.58 bits per heavy atom. The summed E-state index contributed by atoms with van der Waals surface area (Å²) in [7, 11) is 0. The largest absolute Gasteiger partial charge is 0.481 e. The van der Waals surface area contributed by atoms with Crippen LogP contribution in [0.1, 0.15) is 19.8 Å². The molecule has 1 rings (SSSR count). The highest BCUT2D eigenvalue weighted by atomic mass is 16.4. The summed E-state index contributed by atoms with van der Waals surface area (Å²) in [6.07, 6.45) is 1.90.